The molecule has 1 amide bonds. The molecule has 3 rings (SSSR count). The Labute approximate surface area is 150 Å². The maximum absolute atomic E-state index is 12.4. The molecule has 0 atom stereocenters. The lowest BCUT2D eigenvalue weighted by Gasteiger charge is -2.08. The largest absolute Gasteiger partial charge is 0.497 e. The molecule has 1 aromatic heterocycles. The van der Waals surface area contributed by atoms with Crippen molar-refractivity contribution in [1.82, 2.24) is 15.5 Å². The van der Waals surface area contributed by atoms with E-state index in [1.165, 1.54) is 14.2 Å². The minimum Gasteiger partial charge on any atom is -0.497 e. The summed E-state index contributed by atoms with van der Waals surface area (Å²) in [5.74, 6) is 1.59. The summed E-state index contributed by atoms with van der Waals surface area (Å²) in [6, 6.07) is 12.7. The molecule has 7 heteroatoms. The molecule has 26 heavy (non-hydrogen) atoms. The van der Waals surface area contributed by atoms with Gasteiger partial charge < -0.3 is 19.3 Å². The zero-order valence-corrected chi connectivity index (χ0v) is 14.8. The van der Waals surface area contributed by atoms with Gasteiger partial charge in [0.05, 0.1) is 20.8 Å². The van der Waals surface area contributed by atoms with Gasteiger partial charge in [-0.15, -0.1) is 0 Å². The molecule has 1 heterocycles. The van der Waals surface area contributed by atoms with Crippen molar-refractivity contribution in [2.45, 2.75) is 13.5 Å². The van der Waals surface area contributed by atoms with E-state index >= 15 is 0 Å². The van der Waals surface area contributed by atoms with Crippen molar-refractivity contribution in [3.63, 3.8) is 0 Å². The number of aromatic nitrogens is 2. The van der Waals surface area contributed by atoms with Crippen LogP contribution in [0.5, 0.6) is 11.5 Å². The molecule has 0 aliphatic carbocycles. The number of methoxy groups -OCH3 is 2. The first-order valence-electron chi connectivity index (χ1n) is 8.00. The van der Waals surface area contributed by atoms with Crippen LogP contribution < -0.4 is 14.8 Å². The molecule has 2 aromatic carbocycles. The third-order valence-corrected chi connectivity index (χ3v) is 3.79. The lowest BCUT2D eigenvalue weighted by molar-refractivity contribution is 0.0949. The number of carbonyl (C=O) groups excluding carboxylic acids is 1. The number of nitrogens with one attached hydrogen (secondary N) is 1. The highest BCUT2D eigenvalue weighted by atomic mass is 16.5. The molecule has 0 spiro atoms. The lowest BCUT2D eigenvalue weighted by atomic mass is 10.1. The van der Waals surface area contributed by atoms with Crippen molar-refractivity contribution >= 4 is 5.91 Å². The van der Waals surface area contributed by atoms with E-state index < -0.39 is 0 Å². The topological polar surface area (TPSA) is 86.5 Å². The quantitative estimate of drug-likeness (QED) is 0.733. The van der Waals surface area contributed by atoms with Gasteiger partial charge in [0.15, 0.2) is 5.82 Å². The highest BCUT2D eigenvalue weighted by Crippen LogP contribution is 2.22. The Bertz CT molecular complexity index is 881. The number of amides is 1. The predicted octanol–water partition coefficient (Wildman–Crippen LogP) is 2.99. The van der Waals surface area contributed by atoms with Crippen LogP contribution in [-0.2, 0) is 6.54 Å². The fraction of sp³-hybridized carbons (Fsp3) is 0.211. The van der Waals surface area contributed by atoms with Crippen LogP contribution in [0.25, 0.3) is 11.5 Å². The minimum atomic E-state index is -0.288. The van der Waals surface area contributed by atoms with E-state index in [0.29, 0.717) is 28.8 Å². The maximum Gasteiger partial charge on any atom is 0.257 e. The highest BCUT2D eigenvalue weighted by molar-refractivity contribution is 5.95. The van der Waals surface area contributed by atoms with Crippen LogP contribution in [0.2, 0.25) is 0 Å². The molecule has 7 nitrogen and oxygen atoms in total. The second-order valence-corrected chi connectivity index (χ2v) is 5.67. The molecule has 0 aliphatic rings. The van der Waals surface area contributed by atoms with E-state index in [1.54, 1.807) is 18.2 Å². The van der Waals surface area contributed by atoms with Crippen molar-refractivity contribution in [2.75, 3.05) is 14.2 Å². The average Bonchev–Trinajstić information content (AvgIpc) is 3.15. The number of rotatable bonds is 6. The van der Waals surface area contributed by atoms with E-state index in [1.807, 2.05) is 31.2 Å². The van der Waals surface area contributed by atoms with Gasteiger partial charge in [-0.2, -0.15) is 4.98 Å². The second-order valence-electron chi connectivity index (χ2n) is 5.67. The Hall–Kier alpha value is -3.35. The number of benzene rings is 2. The first-order chi connectivity index (χ1) is 12.6. The van der Waals surface area contributed by atoms with Gasteiger partial charge in [0.2, 0.25) is 0 Å². The lowest BCUT2D eigenvalue weighted by Crippen LogP contribution is -2.23. The van der Waals surface area contributed by atoms with E-state index in [9.17, 15) is 4.79 Å². The zero-order chi connectivity index (χ0) is 18.5. The molecule has 0 bridgehead atoms. The maximum atomic E-state index is 12.4. The molecule has 1 N–H and O–H groups in total. The Morgan fingerprint density at radius 1 is 1.08 bits per heavy atom. The number of nitrogens with zero attached hydrogens (tertiary/aromatic N) is 2. The molecule has 3 aromatic rings. The summed E-state index contributed by atoms with van der Waals surface area (Å²) >= 11 is 0. The van der Waals surface area contributed by atoms with Crippen LogP contribution in [0.1, 0.15) is 21.7 Å². The van der Waals surface area contributed by atoms with Gasteiger partial charge >= 0.3 is 0 Å². The molecule has 134 valence electrons. The smallest absolute Gasteiger partial charge is 0.257 e. The molecule has 0 saturated carbocycles. The summed E-state index contributed by atoms with van der Waals surface area (Å²) in [5, 5.41) is 6.65. The third kappa shape index (κ3) is 4.00. The molecule has 0 unspecified atom stereocenters. The molecular formula is C19H19N3O4. The van der Waals surface area contributed by atoms with Crippen LogP contribution in [0.15, 0.2) is 47.0 Å². The molecule has 0 fully saturated rings. The Balaban J connectivity index is 1.67. The van der Waals surface area contributed by atoms with E-state index in [4.69, 9.17) is 14.0 Å². The number of hydrogen-bond donors (Lipinski definition) is 1. The first kappa shape index (κ1) is 17.5. The van der Waals surface area contributed by atoms with Crippen LogP contribution in [-0.4, -0.2) is 30.3 Å². The Kier molecular flexibility index (Phi) is 5.17. The fourth-order valence-electron chi connectivity index (χ4n) is 2.34. The van der Waals surface area contributed by atoms with Crippen LogP contribution in [0.4, 0.5) is 0 Å². The first-order valence-corrected chi connectivity index (χ1v) is 8.00. The summed E-state index contributed by atoms with van der Waals surface area (Å²) in [4.78, 5) is 16.7. The molecular weight excluding hydrogens is 334 g/mol. The summed E-state index contributed by atoms with van der Waals surface area (Å²) in [5.41, 5.74) is 2.40. The number of aryl methyl sites for hydroxylation is 1. The van der Waals surface area contributed by atoms with Crippen molar-refractivity contribution < 1.29 is 18.8 Å². The van der Waals surface area contributed by atoms with Gasteiger partial charge in [0.25, 0.3) is 11.8 Å². The second kappa shape index (κ2) is 7.69. The van der Waals surface area contributed by atoms with Crippen LogP contribution in [0.3, 0.4) is 0 Å². The van der Waals surface area contributed by atoms with Crippen molar-refractivity contribution in [3.8, 4) is 23.0 Å². The van der Waals surface area contributed by atoms with Gasteiger partial charge in [0.1, 0.15) is 11.5 Å². The molecule has 0 saturated heterocycles. The summed E-state index contributed by atoms with van der Waals surface area (Å²) in [7, 11) is 3.06. The highest BCUT2D eigenvalue weighted by Gasteiger charge is 2.13. The normalized spacial score (nSPS) is 10.4. The fourth-order valence-corrected chi connectivity index (χ4v) is 2.34. The summed E-state index contributed by atoms with van der Waals surface area (Å²) < 4.78 is 15.6. The van der Waals surface area contributed by atoms with Gasteiger partial charge in [-0.05, 0) is 31.2 Å². The van der Waals surface area contributed by atoms with Crippen LogP contribution in [0, 0.1) is 6.92 Å². The monoisotopic (exact) mass is 353 g/mol. The van der Waals surface area contributed by atoms with E-state index in [2.05, 4.69) is 15.5 Å². The number of ether oxygens (including phenoxy) is 2. The van der Waals surface area contributed by atoms with Gasteiger partial charge in [-0.3, -0.25) is 4.79 Å². The number of carbonyl (C=O) groups is 1. The van der Waals surface area contributed by atoms with Crippen LogP contribution >= 0.6 is 0 Å². The molecule has 0 aliphatic heterocycles. The summed E-state index contributed by atoms with van der Waals surface area (Å²) in [6.45, 7) is 2.15. The standard InChI is InChI=1S/C19H19N3O4/c1-12-4-6-13(7-5-12)19-21-17(22-26-19)11-20-18(23)14-8-15(24-2)10-16(9-14)25-3/h4-10H,11H2,1-3H3,(H,20,23). The van der Waals surface area contributed by atoms with Crippen molar-refractivity contribution in [2.24, 2.45) is 0 Å². The Morgan fingerprint density at radius 3 is 2.35 bits per heavy atom. The molecule has 0 radical (unpaired) electrons. The van der Waals surface area contributed by atoms with Gasteiger partial charge in [-0.25, -0.2) is 0 Å². The van der Waals surface area contributed by atoms with Gasteiger partial charge in [0, 0.05) is 17.2 Å². The predicted molar refractivity (Wildman–Crippen MR) is 95.2 cm³/mol. The van der Waals surface area contributed by atoms with E-state index in [-0.39, 0.29) is 12.5 Å². The van der Waals surface area contributed by atoms with Gasteiger partial charge in [-0.1, -0.05) is 22.9 Å². The van der Waals surface area contributed by atoms with E-state index in [0.717, 1.165) is 11.1 Å². The van der Waals surface area contributed by atoms with Crippen molar-refractivity contribution in [3.05, 3.63) is 59.4 Å². The minimum absolute atomic E-state index is 0.147. The third-order valence-electron chi connectivity index (χ3n) is 3.79. The average molecular weight is 353 g/mol. The Morgan fingerprint density at radius 2 is 1.73 bits per heavy atom. The SMILES string of the molecule is COc1cc(OC)cc(C(=O)NCc2noc(-c3ccc(C)cc3)n2)c1. The summed E-state index contributed by atoms with van der Waals surface area (Å²) in [6.07, 6.45) is 0. The number of hydrogen-bond acceptors (Lipinski definition) is 6. The zero-order valence-electron chi connectivity index (χ0n) is 14.8. The van der Waals surface area contributed by atoms with Crippen molar-refractivity contribution in [1.29, 1.82) is 0 Å².